The van der Waals surface area contributed by atoms with Crippen LogP contribution in [0.5, 0.6) is 0 Å². The molecule has 106 valence electrons. The van der Waals surface area contributed by atoms with Gasteiger partial charge in [0.05, 0.1) is 6.61 Å². The lowest BCUT2D eigenvalue weighted by molar-refractivity contribution is 0.0493. The molecule has 18 heavy (non-hydrogen) atoms. The molecule has 0 saturated carbocycles. The lowest BCUT2D eigenvalue weighted by Crippen LogP contribution is -2.57. The summed E-state index contributed by atoms with van der Waals surface area (Å²) in [6.45, 7) is 10.1. The summed E-state index contributed by atoms with van der Waals surface area (Å²) in [4.78, 5) is 5.11. The fraction of sp³-hybridized carbons (Fsp3) is 1.00. The molecule has 4 heteroatoms. The van der Waals surface area contributed by atoms with Crippen LogP contribution in [0.4, 0.5) is 0 Å². The third kappa shape index (κ3) is 3.23. The standard InChI is InChI=1S/C14H29N3O/c1-11-7-17(8-12(2)16(11)4)9-14(15-3)13-5-6-18-10-13/h11-15H,5-10H2,1-4H3. The number of hydrogen-bond acceptors (Lipinski definition) is 4. The summed E-state index contributed by atoms with van der Waals surface area (Å²) >= 11 is 0. The molecule has 1 N–H and O–H groups in total. The monoisotopic (exact) mass is 255 g/mol. The highest BCUT2D eigenvalue weighted by atomic mass is 16.5. The highest BCUT2D eigenvalue weighted by molar-refractivity contribution is 4.87. The van der Waals surface area contributed by atoms with Crippen LogP contribution in [0.1, 0.15) is 20.3 Å². The van der Waals surface area contributed by atoms with Gasteiger partial charge in [-0.3, -0.25) is 9.80 Å². The molecule has 2 aliphatic heterocycles. The summed E-state index contributed by atoms with van der Waals surface area (Å²) in [6, 6.07) is 1.90. The first kappa shape index (κ1) is 14.3. The maximum atomic E-state index is 5.52. The summed E-state index contributed by atoms with van der Waals surface area (Å²) in [5, 5.41) is 3.50. The second kappa shape index (κ2) is 6.33. The Balaban J connectivity index is 1.87. The molecule has 0 aromatic heterocycles. The number of hydrogen-bond donors (Lipinski definition) is 1. The van der Waals surface area contributed by atoms with E-state index in [0.29, 0.717) is 24.0 Å². The van der Waals surface area contributed by atoms with Gasteiger partial charge in [-0.1, -0.05) is 0 Å². The Morgan fingerprint density at radius 2 is 1.94 bits per heavy atom. The van der Waals surface area contributed by atoms with E-state index in [9.17, 15) is 0 Å². The van der Waals surface area contributed by atoms with Gasteiger partial charge in [0, 0.05) is 50.3 Å². The van der Waals surface area contributed by atoms with Crippen LogP contribution in [0.2, 0.25) is 0 Å². The molecule has 2 heterocycles. The average Bonchev–Trinajstić information content (AvgIpc) is 2.86. The second-order valence-corrected chi connectivity index (χ2v) is 6.10. The molecular weight excluding hydrogens is 226 g/mol. The molecule has 0 aliphatic carbocycles. The lowest BCUT2D eigenvalue weighted by Gasteiger charge is -2.44. The van der Waals surface area contributed by atoms with Crippen LogP contribution < -0.4 is 5.32 Å². The zero-order valence-electron chi connectivity index (χ0n) is 12.4. The van der Waals surface area contributed by atoms with Crippen LogP contribution >= 0.6 is 0 Å². The van der Waals surface area contributed by atoms with E-state index in [1.807, 2.05) is 0 Å². The van der Waals surface area contributed by atoms with E-state index in [1.54, 1.807) is 0 Å². The normalized spacial score (nSPS) is 37.0. The zero-order valence-corrected chi connectivity index (χ0v) is 12.4. The molecule has 4 unspecified atom stereocenters. The molecule has 4 atom stereocenters. The maximum absolute atomic E-state index is 5.52. The van der Waals surface area contributed by atoms with E-state index >= 15 is 0 Å². The van der Waals surface area contributed by atoms with Crippen molar-refractivity contribution in [2.75, 3.05) is 46.9 Å². The zero-order chi connectivity index (χ0) is 13.1. The van der Waals surface area contributed by atoms with Gasteiger partial charge in [0.2, 0.25) is 0 Å². The van der Waals surface area contributed by atoms with Crippen molar-refractivity contribution in [2.45, 2.75) is 38.4 Å². The Labute approximate surface area is 112 Å². The van der Waals surface area contributed by atoms with Gasteiger partial charge in [0.1, 0.15) is 0 Å². The number of nitrogens with one attached hydrogen (secondary N) is 1. The van der Waals surface area contributed by atoms with Gasteiger partial charge >= 0.3 is 0 Å². The van der Waals surface area contributed by atoms with Crippen LogP contribution in [0.25, 0.3) is 0 Å². The SMILES string of the molecule is CNC(CN1CC(C)N(C)C(C)C1)C1CCOC1. The summed E-state index contributed by atoms with van der Waals surface area (Å²) in [6.07, 6.45) is 1.21. The first-order valence-corrected chi connectivity index (χ1v) is 7.31. The molecule has 4 nitrogen and oxygen atoms in total. The minimum Gasteiger partial charge on any atom is -0.381 e. The predicted octanol–water partition coefficient (Wildman–Crippen LogP) is 0.635. The fourth-order valence-corrected chi connectivity index (χ4v) is 3.29. The maximum Gasteiger partial charge on any atom is 0.0510 e. The fourth-order valence-electron chi connectivity index (χ4n) is 3.29. The highest BCUT2D eigenvalue weighted by Gasteiger charge is 2.31. The van der Waals surface area contributed by atoms with E-state index in [1.165, 1.54) is 19.5 Å². The first-order chi connectivity index (χ1) is 8.61. The van der Waals surface area contributed by atoms with Gasteiger partial charge in [-0.15, -0.1) is 0 Å². The molecule has 2 saturated heterocycles. The van der Waals surface area contributed by atoms with Gasteiger partial charge in [-0.05, 0) is 34.4 Å². The molecular formula is C14H29N3O. The Hall–Kier alpha value is -0.160. The lowest BCUT2D eigenvalue weighted by atomic mass is 9.97. The van der Waals surface area contributed by atoms with Gasteiger partial charge in [0.25, 0.3) is 0 Å². The topological polar surface area (TPSA) is 27.7 Å². The molecule has 0 spiro atoms. The molecule has 0 aromatic rings. The predicted molar refractivity (Wildman–Crippen MR) is 74.9 cm³/mol. The van der Waals surface area contributed by atoms with Crippen molar-refractivity contribution in [3.8, 4) is 0 Å². The third-order valence-electron chi connectivity index (χ3n) is 4.79. The first-order valence-electron chi connectivity index (χ1n) is 7.31. The van der Waals surface area contributed by atoms with Crippen molar-refractivity contribution in [3.05, 3.63) is 0 Å². The van der Waals surface area contributed by atoms with E-state index in [4.69, 9.17) is 4.74 Å². The number of nitrogens with zero attached hydrogens (tertiary/aromatic N) is 2. The summed E-state index contributed by atoms with van der Waals surface area (Å²) in [7, 11) is 4.33. The van der Waals surface area contributed by atoms with Crippen LogP contribution in [-0.4, -0.2) is 74.9 Å². The largest absolute Gasteiger partial charge is 0.381 e. The molecule has 0 amide bonds. The minimum atomic E-state index is 0.579. The molecule has 2 aliphatic rings. The van der Waals surface area contributed by atoms with Crippen LogP contribution in [0.15, 0.2) is 0 Å². The van der Waals surface area contributed by atoms with Crippen molar-refractivity contribution in [1.82, 2.24) is 15.1 Å². The molecule has 0 bridgehead atoms. The van der Waals surface area contributed by atoms with E-state index < -0.39 is 0 Å². The third-order valence-corrected chi connectivity index (χ3v) is 4.79. The Morgan fingerprint density at radius 3 is 2.44 bits per heavy atom. The van der Waals surface area contributed by atoms with Gasteiger partial charge in [0.15, 0.2) is 0 Å². The average molecular weight is 255 g/mol. The molecule has 2 rings (SSSR count). The van der Waals surface area contributed by atoms with Crippen molar-refractivity contribution in [2.24, 2.45) is 5.92 Å². The molecule has 2 fully saturated rings. The van der Waals surface area contributed by atoms with Crippen molar-refractivity contribution >= 4 is 0 Å². The quantitative estimate of drug-likeness (QED) is 0.798. The van der Waals surface area contributed by atoms with Crippen molar-refractivity contribution in [1.29, 1.82) is 0 Å². The van der Waals surface area contributed by atoms with Crippen LogP contribution in [0.3, 0.4) is 0 Å². The number of piperazine rings is 1. The summed E-state index contributed by atoms with van der Waals surface area (Å²) < 4.78 is 5.52. The van der Waals surface area contributed by atoms with E-state index in [-0.39, 0.29) is 0 Å². The van der Waals surface area contributed by atoms with Gasteiger partial charge in [-0.2, -0.15) is 0 Å². The number of likely N-dealkylation sites (N-methyl/N-ethyl adjacent to an activating group) is 2. The minimum absolute atomic E-state index is 0.579. The Kier molecular flexibility index (Phi) is 5.01. The Morgan fingerprint density at radius 1 is 1.28 bits per heavy atom. The second-order valence-electron chi connectivity index (χ2n) is 6.10. The Bertz CT molecular complexity index is 243. The van der Waals surface area contributed by atoms with Crippen molar-refractivity contribution < 1.29 is 4.74 Å². The number of ether oxygens (including phenoxy) is 1. The molecule has 0 aromatic carbocycles. The van der Waals surface area contributed by atoms with Gasteiger partial charge in [-0.25, -0.2) is 0 Å². The molecule has 0 radical (unpaired) electrons. The van der Waals surface area contributed by atoms with Crippen LogP contribution in [-0.2, 0) is 4.74 Å². The summed E-state index contributed by atoms with van der Waals surface area (Å²) in [5.41, 5.74) is 0. The van der Waals surface area contributed by atoms with E-state index in [2.05, 4.69) is 43.1 Å². The smallest absolute Gasteiger partial charge is 0.0510 e. The summed E-state index contributed by atoms with van der Waals surface area (Å²) in [5.74, 6) is 0.695. The van der Waals surface area contributed by atoms with Gasteiger partial charge < -0.3 is 10.1 Å². The van der Waals surface area contributed by atoms with Crippen molar-refractivity contribution in [3.63, 3.8) is 0 Å². The number of rotatable bonds is 4. The highest BCUT2D eigenvalue weighted by Crippen LogP contribution is 2.20. The van der Waals surface area contributed by atoms with Crippen LogP contribution in [0, 0.1) is 5.92 Å². The van der Waals surface area contributed by atoms with E-state index in [0.717, 1.165) is 19.8 Å².